The molecule has 4 heterocycles. The fourth-order valence-electron chi connectivity index (χ4n) is 4.92. The minimum atomic E-state index is -0.0938. The van der Waals surface area contributed by atoms with Crippen LogP contribution in [0.1, 0.15) is 42.5 Å². The molecule has 0 aromatic carbocycles. The van der Waals surface area contributed by atoms with Crippen molar-refractivity contribution in [3.63, 3.8) is 0 Å². The van der Waals surface area contributed by atoms with Crippen LogP contribution in [-0.4, -0.2) is 94.2 Å². The van der Waals surface area contributed by atoms with E-state index >= 15 is 0 Å². The Hall–Kier alpha value is -3.14. The molecule has 0 unspecified atom stereocenters. The first-order chi connectivity index (χ1) is 16.0. The van der Waals surface area contributed by atoms with Gasteiger partial charge in [-0.2, -0.15) is 5.10 Å². The van der Waals surface area contributed by atoms with Gasteiger partial charge in [-0.25, -0.2) is 4.79 Å². The average molecular weight is 454 g/mol. The lowest BCUT2D eigenvalue weighted by Gasteiger charge is -2.36. The van der Waals surface area contributed by atoms with E-state index in [4.69, 9.17) is 4.74 Å². The molecule has 2 saturated heterocycles. The maximum absolute atomic E-state index is 13.0. The van der Waals surface area contributed by atoms with Crippen molar-refractivity contribution >= 4 is 17.6 Å². The summed E-state index contributed by atoms with van der Waals surface area (Å²) in [5.41, 5.74) is 2.18. The van der Waals surface area contributed by atoms with Crippen LogP contribution in [0, 0.1) is 0 Å². The molecule has 5 rings (SSSR count). The van der Waals surface area contributed by atoms with Gasteiger partial charge in [-0.3, -0.25) is 14.9 Å². The summed E-state index contributed by atoms with van der Waals surface area (Å²) >= 11 is 0. The van der Waals surface area contributed by atoms with Gasteiger partial charge >= 0.3 is 6.03 Å². The molecule has 3 fully saturated rings. The Balaban J connectivity index is 1.35. The maximum Gasteiger partial charge on any atom is 0.322 e. The lowest BCUT2D eigenvalue weighted by molar-refractivity contribution is 0.0660. The van der Waals surface area contributed by atoms with Crippen molar-refractivity contribution in [1.29, 1.82) is 0 Å². The summed E-state index contributed by atoms with van der Waals surface area (Å²) < 4.78 is 5.54. The molecule has 176 valence electrons. The van der Waals surface area contributed by atoms with E-state index in [1.54, 1.807) is 25.6 Å². The van der Waals surface area contributed by atoms with Gasteiger partial charge in [0, 0.05) is 50.5 Å². The predicted octanol–water partition coefficient (Wildman–Crippen LogP) is 2.42. The second kappa shape index (κ2) is 8.66. The number of piperidine rings is 1. The van der Waals surface area contributed by atoms with Crippen molar-refractivity contribution in [2.45, 2.75) is 37.6 Å². The number of likely N-dealkylation sites (tertiary alicyclic amines) is 1. The van der Waals surface area contributed by atoms with Crippen LogP contribution in [-0.2, 0) is 0 Å². The topological polar surface area (TPSA) is 107 Å². The fraction of sp³-hybridized carbons (Fsp3) is 0.565. The largest absolute Gasteiger partial charge is 0.496 e. The number of aromatic amines is 1. The number of anilines is 1. The van der Waals surface area contributed by atoms with Gasteiger partial charge in [0.15, 0.2) is 0 Å². The zero-order chi connectivity index (χ0) is 23.0. The normalized spacial score (nSPS) is 20.1. The van der Waals surface area contributed by atoms with Crippen LogP contribution < -0.4 is 10.1 Å². The van der Waals surface area contributed by atoms with E-state index in [-0.39, 0.29) is 17.5 Å². The van der Waals surface area contributed by atoms with Crippen LogP contribution in [0.25, 0.3) is 11.4 Å². The first-order valence-electron chi connectivity index (χ1n) is 11.6. The van der Waals surface area contributed by atoms with Gasteiger partial charge in [0.2, 0.25) is 0 Å². The number of nitrogens with one attached hydrogen (secondary N) is 2. The molecule has 2 N–H and O–H groups in total. The number of aromatic nitrogens is 3. The number of ether oxygens (including phenoxy) is 1. The van der Waals surface area contributed by atoms with Gasteiger partial charge in [-0.15, -0.1) is 0 Å². The summed E-state index contributed by atoms with van der Waals surface area (Å²) in [6.45, 7) is 3.82. The number of rotatable bonds is 4. The summed E-state index contributed by atoms with van der Waals surface area (Å²) in [7, 11) is 3.59. The van der Waals surface area contributed by atoms with Gasteiger partial charge in [0.1, 0.15) is 11.4 Å². The summed E-state index contributed by atoms with van der Waals surface area (Å²) in [4.78, 5) is 36.6. The molecule has 2 aromatic heterocycles. The first kappa shape index (κ1) is 21.7. The number of methoxy groups -OCH3 is 1. The Bertz CT molecular complexity index is 1040. The second-order valence-corrected chi connectivity index (χ2v) is 9.29. The van der Waals surface area contributed by atoms with E-state index in [9.17, 15) is 9.59 Å². The van der Waals surface area contributed by atoms with Crippen molar-refractivity contribution in [3.8, 4) is 17.1 Å². The molecule has 1 aliphatic carbocycles. The van der Waals surface area contributed by atoms with Crippen molar-refractivity contribution in [2.24, 2.45) is 0 Å². The maximum atomic E-state index is 13.0. The Morgan fingerprint density at radius 1 is 1.09 bits per heavy atom. The molecule has 2 aliphatic heterocycles. The molecule has 10 heteroatoms. The number of carbonyl (C=O) groups is 2. The third kappa shape index (κ3) is 4.15. The molecule has 0 radical (unpaired) electrons. The lowest BCUT2D eigenvalue weighted by Crippen LogP contribution is -2.47. The molecule has 0 bridgehead atoms. The Morgan fingerprint density at radius 2 is 1.88 bits per heavy atom. The fourth-order valence-corrected chi connectivity index (χ4v) is 4.92. The Morgan fingerprint density at radius 3 is 2.61 bits per heavy atom. The minimum absolute atomic E-state index is 0.0545. The number of piperazine rings is 1. The predicted molar refractivity (Wildman–Crippen MR) is 123 cm³/mol. The highest BCUT2D eigenvalue weighted by Crippen LogP contribution is 2.48. The molecule has 1 saturated carbocycles. The quantitative estimate of drug-likeness (QED) is 0.736. The minimum Gasteiger partial charge on any atom is -0.496 e. The highest BCUT2D eigenvalue weighted by atomic mass is 16.5. The Labute approximate surface area is 193 Å². The van der Waals surface area contributed by atoms with Crippen LogP contribution in [0.4, 0.5) is 10.5 Å². The SMILES string of the molecule is COc1cc(-c2[nH]ncc2NC(=O)N2CCCCC23CC3)ncc1C(=O)N1CCN(C)CC1. The second-order valence-electron chi connectivity index (χ2n) is 9.29. The number of hydrogen-bond acceptors (Lipinski definition) is 6. The van der Waals surface area contributed by atoms with E-state index in [1.807, 2.05) is 9.80 Å². The first-order valence-corrected chi connectivity index (χ1v) is 11.6. The van der Waals surface area contributed by atoms with Gasteiger partial charge in [-0.05, 0) is 39.2 Å². The summed E-state index contributed by atoms with van der Waals surface area (Å²) in [6.07, 6.45) is 8.61. The van der Waals surface area contributed by atoms with Gasteiger partial charge in [-0.1, -0.05) is 0 Å². The molecular formula is C23H31N7O3. The summed E-state index contributed by atoms with van der Waals surface area (Å²) in [6, 6.07) is 1.62. The third-order valence-corrected chi connectivity index (χ3v) is 7.16. The van der Waals surface area contributed by atoms with Crippen LogP contribution in [0.2, 0.25) is 0 Å². The molecule has 2 aromatic rings. The van der Waals surface area contributed by atoms with Crippen LogP contribution >= 0.6 is 0 Å². The summed E-state index contributed by atoms with van der Waals surface area (Å²) in [5, 5.41) is 10.1. The number of carbonyl (C=O) groups excluding carboxylic acids is 2. The van der Waals surface area contributed by atoms with Crippen LogP contribution in [0.3, 0.4) is 0 Å². The van der Waals surface area contributed by atoms with Gasteiger partial charge in [0.05, 0.1) is 30.3 Å². The van der Waals surface area contributed by atoms with Crippen LogP contribution in [0.5, 0.6) is 5.75 Å². The van der Waals surface area contributed by atoms with E-state index in [1.165, 1.54) is 6.42 Å². The van der Waals surface area contributed by atoms with Crippen molar-refractivity contribution < 1.29 is 14.3 Å². The van der Waals surface area contributed by atoms with E-state index in [0.29, 0.717) is 41.5 Å². The van der Waals surface area contributed by atoms with Gasteiger partial charge < -0.3 is 24.8 Å². The zero-order valence-corrected chi connectivity index (χ0v) is 19.3. The molecule has 0 atom stereocenters. The van der Waals surface area contributed by atoms with Crippen molar-refractivity contribution in [1.82, 2.24) is 29.9 Å². The number of nitrogens with zero attached hydrogens (tertiary/aromatic N) is 5. The molecule has 33 heavy (non-hydrogen) atoms. The molecule has 3 amide bonds. The zero-order valence-electron chi connectivity index (χ0n) is 19.3. The number of amides is 3. The monoisotopic (exact) mass is 453 g/mol. The molecule has 1 spiro atoms. The number of urea groups is 1. The van der Waals surface area contributed by atoms with Gasteiger partial charge in [0.25, 0.3) is 5.91 Å². The van der Waals surface area contributed by atoms with Crippen molar-refractivity contribution in [2.75, 3.05) is 52.2 Å². The van der Waals surface area contributed by atoms with E-state index in [0.717, 1.165) is 45.3 Å². The lowest BCUT2D eigenvalue weighted by atomic mass is 10.0. The molecular weight excluding hydrogens is 422 g/mol. The Kier molecular flexibility index (Phi) is 5.69. The number of pyridine rings is 1. The molecule has 10 nitrogen and oxygen atoms in total. The van der Waals surface area contributed by atoms with E-state index in [2.05, 4.69) is 32.4 Å². The highest BCUT2D eigenvalue weighted by Gasteiger charge is 2.51. The number of hydrogen-bond donors (Lipinski definition) is 2. The number of likely N-dealkylation sites (N-methyl/N-ethyl adjacent to an activating group) is 1. The smallest absolute Gasteiger partial charge is 0.322 e. The van der Waals surface area contributed by atoms with E-state index < -0.39 is 0 Å². The molecule has 3 aliphatic rings. The van der Waals surface area contributed by atoms with Crippen LogP contribution in [0.15, 0.2) is 18.5 Å². The average Bonchev–Trinajstić information content (AvgIpc) is 3.44. The highest BCUT2D eigenvalue weighted by molar-refractivity contribution is 5.98. The van der Waals surface area contributed by atoms with Crippen molar-refractivity contribution in [3.05, 3.63) is 24.0 Å². The summed E-state index contributed by atoms with van der Waals surface area (Å²) in [5.74, 6) is 0.362. The third-order valence-electron chi connectivity index (χ3n) is 7.16. The standard InChI is InChI=1S/C23H31N7O3/c1-28-9-11-29(12-10-28)21(31)16-14-24-17(13-19(16)33-2)20-18(15-25-27-20)26-22(32)30-8-4-3-5-23(30)6-7-23/h13-15H,3-12H2,1-2H3,(H,25,27)(H,26,32). The number of H-pyrrole nitrogens is 1.